The van der Waals surface area contributed by atoms with Crippen LogP contribution in [0.1, 0.15) is 25.0 Å². The minimum Gasteiger partial charge on any atom is -0.497 e. The number of carbonyl (C=O) groups is 1. The van der Waals surface area contributed by atoms with Crippen molar-refractivity contribution in [3.05, 3.63) is 71.3 Å². The van der Waals surface area contributed by atoms with E-state index in [-0.39, 0.29) is 5.78 Å². The molecule has 1 aliphatic rings. The van der Waals surface area contributed by atoms with E-state index < -0.39 is 5.41 Å². The number of ketones is 1. The molecule has 3 rings (SSSR count). The first kappa shape index (κ1) is 13.6. The van der Waals surface area contributed by atoms with Crippen LogP contribution in [0.25, 0.3) is 5.57 Å². The van der Waals surface area contributed by atoms with Crippen molar-refractivity contribution in [1.82, 2.24) is 0 Å². The van der Waals surface area contributed by atoms with Gasteiger partial charge in [-0.25, -0.2) is 0 Å². The predicted octanol–water partition coefficient (Wildman–Crippen LogP) is 4.01. The van der Waals surface area contributed by atoms with Crippen molar-refractivity contribution in [2.24, 2.45) is 0 Å². The van der Waals surface area contributed by atoms with Gasteiger partial charge in [-0.2, -0.15) is 0 Å². The molecule has 0 radical (unpaired) electrons. The number of Topliss-reactive ketones (excluding diaryl/α,β-unsaturated/α-hetero) is 1. The Balaban J connectivity index is 2.05. The van der Waals surface area contributed by atoms with Crippen LogP contribution in [-0.4, -0.2) is 12.9 Å². The van der Waals surface area contributed by atoms with Crippen LogP contribution >= 0.6 is 0 Å². The summed E-state index contributed by atoms with van der Waals surface area (Å²) in [5, 5.41) is 0. The van der Waals surface area contributed by atoms with Crippen LogP contribution in [0.5, 0.6) is 5.75 Å². The standard InChI is InChI=1S/C19H18O2/c1-13-18(15-9-11-17(21-3)12-10-15)19(13,14(2)20)16-7-5-4-6-8-16/h4-12H,1-3H3. The molecule has 1 unspecified atom stereocenters. The molecule has 0 saturated heterocycles. The third kappa shape index (κ3) is 1.90. The molecule has 0 aromatic heterocycles. The molecular weight excluding hydrogens is 260 g/mol. The van der Waals surface area contributed by atoms with Crippen molar-refractivity contribution in [3.8, 4) is 5.75 Å². The van der Waals surface area contributed by atoms with E-state index in [2.05, 4.69) is 0 Å². The monoisotopic (exact) mass is 278 g/mol. The second-order valence-electron chi connectivity index (χ2n) is 5.40. The molecule has 0 aliphatic heterocycles. The fourth-order valence-electron chi connectivity index (χ4n) is 3.29. The Hall–Kier alpha value is -2.35. The van der Waals surface area contributed by atoms with Gasteiger partial charge in [0.15, 0.2) is 0 Å². The molecule has 2 nitrogen and oxygen atoms in total. The average molecular weight is 278 g/mol. The zero-order valence-corrected chi connectivity index (χ0v) is 12.5. The van der Waals surface area contributed by atoms with E-state index in [1.807, 2.05) is 61.5 Å². The highest BCUT2D eigenvalue weighted by Crippen LogP contribution is 2.60. The van der Waals surface area contributed by atoms with Gasteiger partial charge in [0.2, 0.25) is 0 Å². The molecule has 2 aromatic rings. The van der Waals surface area contributed by atoms with Gasteiger partial charge in [-0.1, -0.05) is 42.5 Å². The van der Waals surface area contributed by atoms with Gasteiger partial charge in [-0.3, -0.25) is 4.79 Å². The summed E-state index contributed by atoms with van der Waals surface area (Å²) in [6.07, 6.45) is 0. The van der Waals surface area contributed by atoms with Crippen LogP contribution in [0.3, 0.4) is 0 Å². The van der Waals surface area contributed by atoms with Crippen LogP contribution in [0.2, 0.25) is 0 Å². The van der Waals surface area contributed by atoms with E-state index >= 15 is 0 Å². The number of hydrogen-bond acceptors (Lipinski definition) is 2. The van der Waals surface area contributed by atoms with Crippen LogP contribution < -0.4 is 4.74 Å². The van der Waals surface area contributed by atoms with Crippen LogP contribution in [0.15, 0.2) is 60.2 Å². The number of benzene rings is 2. The van der Waals surface area contributed by atoms with Gasteiger partial charge in [0.1, 0.15) is 16.9 Å². The third-order valence-corrected chi connectivity index (χ3v) is 4.36. The topological polar surface area (TPSA) is 26.3 Å². The summed E-state index contributed by atoms with van der Waals surface area (Å²) < 4.78 is 5.20. The molecular formula is C19H18O2. The molecule has 0 saturated carbocycles. The summed E-state index contributed by atoms with van der Waals surface area (Å²) in [5.74, 6) is 1.00. The highest BCUT2D eigenvalue weighted by atomic mass is 16.5. The summed E-state index contributed by atoms with van der Waals surface area (Å²) >= 11 is 0. The van der Waals surface area contributed by atoms with E-state index in [1.165, 1.54) is 0 Å². The molecule has 106 valence electrons. The molecule has 0 amide bonds. The number of ether oxygens (including phenoxy) is 1. The fraction of sp³-hybridized carbons (Fsp3) is 0.211. The largest absolute Gasteiger partial charge is 0.497 e. The van der Waals surface area contributed by atoms with E-state index in [0.717, 1.165) is 28.0 Å². The molecule has 21 heavy (non-hydrogen) atoms. The van der Waals surface area contributed by atoms with Crippen LogP contribution in [-0.2, 0) is 10.2 Å². The molecule has 0 N–H and O–H groups in total. The lowest BCUT2D eigenvalue weighted by Gasteiger charge is -2.17. The van der Waals surface area contributed by atoms with Gasteiger partial charge in [-0.15, -0.1) is 0 Å². The molecule has 0 fully saturated rings. The highest BCUT2D eigenvalue weighted by molar-refractivity contribution is 6.17. The van der Waals surface area contributed by atoms with E-state index in [4.69, 9.17) is 4.74 Å². The number of hydrogen-bond donors (Lipinski definition) is 0. The zero-order chi connectivity index (χ0) is 15.0. The summed E-state index contributed by atoms with van der Waals surface area (Å²) in [4.78, 5) is 12.4. The summed E-state index contributed by atoms with van der Waals surface area (Å²) in [6.45, 7) is 3.72. The number of carbonyl (C=O) groups excluding carboxylic acids is 1. The summed E-state index contributed by atoms with van der Waals surface area (Å²) in [6, 6.07) is 17.9. The molecule has 0 spiro atoms. The molecule has 2 heteroatoms. The normalized spacial score (nSPS) is 20.3. The molecule has 0 bridgehead atoms. The first-order valence-corrected chi connectivity index (χ1v) is 7.05. The quantitative estimate of drug-likeness (QED) is 0.844. The van der Waals surface area contributed by atoms with Crippen molar-refractivity contribution in [2.45, 2.75) is 19.3 Å². The first-order chi connectivity index (χ1) is 10.1. The van der Waals surface area contributed by atoms with E-state index in [9.17, 15) is 4.79 Å². The van der Waals surface area contributed by atoms with Gasteiger partial charge in [0.25, 0.3) is 0 Å². The molecule has 1 aliphatic carbocycles. The van der Waals surface area contributed by atoms with Gasteiger partial charge < -0.3 is 4.74 Å². The summed E-state index contributed by atoms with van der Waals surface area (Å²) in [7, 11) is 1.65. The van der Waals surface area contributed by atoms with Crippen molar-refractivity contribution in [1.29, 1.82) is 0 Å². The van der Waals surface area contributed by atoms with E-state index in [0.29, 0.717) is 0 Å². The first-order valence-electron chi connectivity index (χ1n) is 7.05. The SMILES string of the molecule is COc1ccc(C2=C(C)C2(C(C)=O)c2ccccc2)cc1. The Labute approximate surface area is 125 Å². The Morgan fingerprint density at radius 3 is 2.14 bits per heavy atom. The fourth-order valence-corrected chi connectivity index (χ4v) is 3.29. The lowest BCUT2D eigenvalue weighted by Crippen LogP contribution is -2.22. The van der Waals surface area contributed by atoms with Gasteiger partial charge in [-0.05, 0) is 48.3 Å². The molecule has 2 aromatic carbocycles. The second kappa shape index (κ2) is 4.88. The van der Waals surface area contributed by atoms with Crippen molar-refractivity contribution in [2.75, 3.05) is 7.11 Å². The van der Waals surface area contributed by atoms with Crippen LogP contribution in [0, 0.1) is 0 Å². The highest BCUT2D eigenvalue weighted by Gasteiger charge is 2.56. The predicted molar refractivity (Wildman–Crippen MR) is 84.4 cm³/mol. The Morgan fingerprint density at radius 2 is 1.62 bits per heavy atom. The average Bonchev–Trinajstić information content (AvgIpc) is 3.15. The lowest BCUT2D eigenvalue weighted by molar-refractivity contribution is -0.118. The van der Waals surface area contributed by atoms with Crippen molar-refractivity contribution >= 4 is 11.4 Å². The van der Waals surface area contributed by atoms with Crippen molar-refractivity contribution in [3.63, 3.8) is 0 Å². The maximum absolute atomic E-state index is 12.4. The number of allylic oxidation sites excluding steroid dienone is 2. The van der Waals surface area contributed by atoms with Crippen LogP contribution in [0.4, 0.5) is 0 Å². The van der Waals surface area contributed by atoms with Crippen molar-refractivity contribution < 1.29 is 9.53 Å². The smallest absolute Gasteiger partial charge is 0.148 e. The molecule has 0 heterocycles. The zero-order valence-electron chi connectivity index (χ0n) is 12.5. The Kier molecular flexibility index (Phi) is 3.17. The van der Waals surface area contributed by atoms with Gasteiger partial charge in [0, 0.05) is 0 Å². The second-order valence-corrected chi connectivity index (χ2v) is 5.40. The Bertz CT molecular complexity index is 711. The third-order valence-electron chi connectivity index (χ3n) is 4.36. The maximum atomic E-state index is 12.4. The van der Waals surface area contributed by atoms with Gasteiger partial charge >= 0.3 is 0 Å². The summed E-state index contributed by atoms with van der Waals surface area (Å²) in [5.41, 5.74) is 3.89. The van der Waals surface area contributed by atoms with E-state index in [1.54, 1.807) is 14.0 Å². The minimum atomic E-state index is -0.532. The Morgan fingerprint density at radius 1 is 1.00 bits per heavy atom. The molecule has 1 atom stereocenters. The number of methoxy groups -OCH3 is 1. The minimum absolute atomic E-state index is 0.178. The number of rotatable bonds is 4. The maximum Gasteiger partial charge on any atom is 0.148 e. The van der Waals surface area contributed by atoms with Gasteiger partial charge in [0.05, 0.1) is 7.11 Å². The lowest BCUT2D eigenvalue weighted by atomic mass is 9.83.